The van der Waals surface area contributed by atoms with Gasteiger partial charge < -0.3 is 15.0 Å². The molecular formula is C12H12FN3O2. The molecule has 0 aliphatic carbocycles. The molecule has 0 radical (unpaired) electrons. The summed E-state index contributed by atoms with van der Waals surface area (Å²) in [5, 5.41) is 11.9. The Morgan fingerprint density at radius 3 is 2.78 bits per heavy atom. The van der Waals surface area contributed by atoms with E-state index in [0.717, 1.165) is 0 Å². The monoisotopic (exact) mass is 249 g/mol. The van der Waals surface area contributed by atoms with Gasteiger partial charge in [0.2, 0.25) is 0 Å². The van der Waals surface area contributed by atoms with Crippen molar-refractivity contribution in [3.63, 3.8) is 0 Å². The lowest BCUT2D eigenvalue weighted by Crippen LogP contribution is -2.23. The van der Waals surface area contributed by atoms with Gasteiger partial charge >= 0.3 is 5.97 Å². The number of halogens is 1. The summed E-state index contributed by atoms with van der Waals surface area (Å²) in [6.45, 7) is 0. The number of aryl methyl sites for hydroxylation is 1. The molecule has 1 aromatic heterocycles. The number of hydrogen-bond acceptors (Lipinski definition) is 3. The molecule has 18 heavy (non-hydrogen) atoms. The molecule has 94 valence electrons. The summed E-state index contributed by atoms with van der Waals surface area (Å²) in [6, 6.07) is 4.88. The molecule has 6 heteroatoms. The van der Waals surface area contributed by atoms with Gasteiger partial charge in [0.25, 0.3) is 0 Å². The average Bonchev–Trinajstić information content (AvgIpc) is 2.74. The highest BCUT2D eigenvalue weighted by Gasteiger charge is 2.23. The quantitative estimate of drug-likeness (QED) is 0.867. The van der Waals surface area contributed by atoms with Crippen molar-refractivity contribution >= 4 is 11.7 Å². The Morgan fingerprint density at radius 1 is 1.50 bits per heavy atom. The van der Waals surface area contributed by atoms with E-state index in [1.165, 1.54) is 24.7 Å². The first kappa shape index (κ1) is 12.1. The van der Waals surface area contributed by atoms with Crippen molar-refractivity contribution in [3.8, 4) is 0 Å². The van der Waals surface area contributed by atoms with Gasteiger partial charge in [-0.2, -0.15) is 0 Å². The average molecular weight is 249 g/mol. The van der Waals surface area contributed by atoms with E-state index in [1.807, 2.05) is 0 Å². The SMILES string of the molecule is Cn1cncc1C(Nc1ccccc1F)C(=O)O. The van der Waals surface area contributed by atoms with Gasteiger partial charge in [-0.1, -0.05) is 12.1 Å². The van der Waals surface area contributed by atoms with Crippen LogP contribution in [0.2, 0.25) is 0 Å². The van der Waals surface area contributed by atoms with Crippen LogP contribution < -0.4 is 5.32 Å². The molecule has 1 unspecified atom stereocenters. The molecule has 2 N–H and O–H groups in total. The summed E-state index contributed by atoms with van der Waals surface area (Å²) in [6.07, 6.45) is 2.93. The Labute approximate surface area is 103 Å². The van der Waals surface area contributed by atoms with Gasteiger partial charge in [0.15, 0.2) is 6.04 Å². The minimum Gasteiger partial charge on any atom is -0.479 e. The fourth-order valence-electron chi connectivity index (χ4n) is 1.64. The number of aromatic nitrogens is 2. The number of imidazole rings is 1. The molecule has 0 saturated heterocycles. The molecule has 0 spiro atoms. The largest absolute Gasteiger partial charge is 0.479 e. The van der Waals surface area contributed by atoms with Crippen molar-refractivity contribution in [1.29, 1.82) is 0 Å². The molecule has 0 saturated carbocycles. The van der Waals surface area contributed by atoms with Crippen LogP contribution in [-0.2, 0) is 11.8 Å². The van der Waals surface area contributed by atoms with Gasteiger partial charge in [0, 0.05) is 7.05 Å². The Morgan fingerprint density at radius 2 is 2.22 bits per heavy atom. The van der Waals surface area contributed by atoms with Crippen molar-refractivity contribution in [2.75, 3.05) is 5.32 Å². The van der Waals surface area contributed by atoms with E-state index >= 15 is 0 Å². The lowest BCUT2D eigenvalue weighted by molar-refractivity contribution is -0.138. The first-order valence-corrected chi connectivity index (χ1v) is 5.29. The molecule has 0 aliphatic heterocycles. The first-order chi connectivity index (χ1) is 8.59. The third-order valence-corrected chi connectivity index (χ3v) is 2.57. The summed E-state index contributed by atoms with van der Waals surface area (Å²) >= 11 is 0. The molecule has 1 aromatic carbocycles. The zero-order valence-electron chi connectivity index (χ0n) is 9.67. The van der Waals surface area contributed by atoms with Crippen LogP contribution in [0.5, 0.6) is 0 Å². The van der Waals surface area contributed by atoms with Crippen LogP contribution in [0, 0.1) is 5.82 Å². The zero-order valence-corrected chi connectivity index (χ0v) is 9.67. The van der Waals surface area contributed by atoms with E-state index in [0.29, 0.717) is 5.69 Å². The molecule has 2 aromatic rings. The summed E-state index contributed by atoms with van der Waals surface area (Å²) < 4.78 is 15.1. The Bertz CT molecular complexity index is 568. The van der Waals surface area contributed by atoms with Crippen LogP contribution >= 0.6 is 0 Å². The Hall–Kier alpha value is -2.37. The van der Waals surface area contributed by atoms with Crippen molar-refractivity contribution in [3.05, 3.63) is 48.3 Å². The number of benzene rings is 1. The third-order valence-electron chi connectivity index (χ3n) is 2.57. The van der Waals surface area contributed by atoms with Gasteiger partial charge in [-0.05, 0) is 12.1 Å². The van der Waals surface area contributed by atoms with Gasteiger partial charge in [-0.25, -0.2) is 14.2 Å². The standard InChI is InChI=1S/C12H12FN3O2/c1-16-7-14-6-10(16)11(12(17)18)15-9-5-3-2-4-8(9)13/h2-7,11,15H,1H3,(H,17,18). The molecule has 0 aliphatic rings. The number of aliphatic carboxylic acids is 1. The maximum absolute atomic E-state index is 13.5. The summed E-state index contributed by atoms with van der Waals surface area (Å²) in [5.41, 5.74) is 0.594. The zero-order chi connectivity index (χ0) is 13.1. The maximum atomic E-state index is 13.5. The van der Waals surface area contributed by atoms with Crippen LogP contribution in [0.15, 0.2) is 36.8 Å². The van der Waals surface area contributed by atoms with Crippen molar-refractivity contribution in [2.24, 2.45) is 7.05 Å². The lowest BCUT2D eigenvalue weighted by Gasteiger charge is -2.16. The highest BCUT2D eigenvalue weighted by molar-refractivity contribution is 5.78. The van der Waals surface area contributed by atoms with E-state index in [1.54, 1.807) is 23.7 Å². The fraction of sp³-hybridized carbons (Fsp3) is 0.167. The summed E-state index contributed by atoms with van der Waals surface area (Å²) in [5.74, 6) is -1.59. The number of nitrogens with zero attached hydrogens (tertiary/aromatic N) is 2. The highest BCUT2D eigenvalue weighted by Crippen LogP contribution is 2.21. The molecule has 1 atom stereocenters. The van der Waals surface area contributed by atoms with Crippen molar-refractivity contribution in [2.45, 2.75) is 6.04 Å². The number of anilines is 1. The number of carboxylic acid groups (broad SMARTS) is 1. The fourth-order valence-corrected chi connectivity index (χ4v) is 1.64. The summed E-state index contributed by atoms with van der Waals surface area (Å²) in [4.78, 5) is 15.1. The lowest BCUT2D eigenvalue weighted by atomic mass is 10.2. The Kier molecular flexibility index (Phi) is 3.27. The van der Waals surface area contributed by atoms with Crippen molar-refractivity contribution in [1.82, 2.24) is 9.55 Å². The van der Waals surface area contributed by atoms with Crippen LogP contribution in [-0.4, -0.2) is 20.6 Å². The molecule has 2 rings (SSSR count). The van der Waals surface area contributed by atoms with E-state index < -0.39 is 17.8 Å². The minimum atomic E-state index is -1.10. The van der Waals surface area contributed by atoms with E-state index in [4.69, 9.17) is 0 Å². The van der Waals surface area contributed by atoms with Crippen molar-refractivity contribution < 1.29 is 14.3 Å². The number of para-hydroxylation sites is 1. The van der Waals surface area contributed by atoms with Gasteiger partial charge in [0.05, 0.1) is 23.9 Å². The number of rotatable bonds is 4. The van der Waals surface area contributed by atoms with E-state index in [-0.39, 0.29) is 5.69 Å². The van der Waals surface area contributed by atoms with Crippen LogP contribution in [0.3, 0.4) is 0 Å². The van der Waals surface area contributed by atoms with E-state index in [2.05, 4.69) is 10.3 Å². The molecule has 1 heterocycles. The van der Waals surface area contributed by atoms with Gasteiger partial charge in [0.1, 0.15) is 5.82 Å². The topological polar surface area (TPSA) is 67.2 Å². The summed E-state index contributed by atoms with van der Waals surface area (Å²) in [7, 11) is 1.68. The second-order valence-corrected chi connectivity index (χ2v) is 3.82. The minimum absolute atomic E-state index is 0.145. The van der Waals surface area contributed by atoms with Gasteiger partial charge in [-0.15, -0.1) is 0 Å². The second-order valence-electron chi connectivity index (χ2n) is 3.82. The number of nitrogens with one attached hydrogen (secondary N) is 1. The second kappa shape index (κ2) is 4.87. The van der Waals surface area contributed by atoms with E-state index in [9.17, 15) is 14.3 Å². The first-order valence-electron chi connectivity index (χ1n) is 5.29. The maximum Gasteiger partial charge on any atom is 0.332 e. The highest BCUT2D eigenvalue weighted by atomic mass is 19.1. The van der Waals surface area contributed by atoms with Crippen LogP contribution in [0.4, 0.5) is 10.1 Å². The predicted octanol–water partition coefficient (Wildman–Crippen LogP) is 1.80. The predicted molar refractivity (Wildman–Crippen MR) is 63.6 cm³/mol. The molecule has 0 bridgehead atoms. The third kappa shape index (κ3) is 2.32. The number of hydrogen-bond donors (Lipinski definition) is 2. The normalized spacial score (nSPS) is 12.1. The van der Waals surface area contributed by atoms with Crippen LogP contribution in [0.1, 0.15) is 11.7 Å². The molecule has 5 nitrogen and oxygen atoms in total. The smallest absolute Gasteiger partial charge is 0.332 e. The number of carboxylic acids is 1. The molecule has 0 amide bonds. The van der Waals surface area contributed by atoms with Crippen LogP contribution in [0.25, 0.3) is 0 Å². The Balaban J connectivity index is 2.31. The molecule has 0 fully saturated rings. The van der Waals surface area contributed by atoms with Gasteiger partial charge in [-0.3, -0.25) is 0 Å². The number of carbonyl (C=O) groups is 1. The molecular weight excluding hydrogens is 237 g/mol.